The molecule has 7 heteroatoms. The molecule has 3 N–H and O–H groups in total. The van der Waals surface area contributed by atoms with Crippen LogP contribution in [0.15, 0.2) is 0 Å². The monoisotopic (exact) mass is 278 g/mol. The van der Waals surface area contributed by atoms with E-state index in [9.17, 15) is 13.2 Å². The normalized spacial score (nSPS) is 17.6. The van der Waals surface area contributed by atoms with Gasteiger partial charge in [0.05, 0.1) is 0 Å². The zero-order valence-electron chi connectivity index (χ0n) is 10.7. The van der Waals surface area contributed by atoms with Crippen LogP contribution in [-0.2, 0) is 15.0 Å². The third-order valence-corrected chi connectivity index (χ3v) is 4.32. The third kappa shape index (κ3) is 6.93. The lowest BCUT2D eigenvalue weighted by Crippen LogP contribution is -2.38. The van der Waals surface area contributed by atoms with E-state index in [1.807, 2.05) is 6.92 Å². The Morgan fingerprint density at radius 2 is 2.06 bits per heavy atom. The summed E-state index contributed by atoms with van der Waals surface area (Å²) in [4.78, 5) is 10.5. The Morgan fingerprint density at radius 3 is 2.56 bits per heavy atom. The Kier molecular flexibility index (Phi) is 6.04. The number of hydrogen-bond donors (Lipinski definition) is 3. The molecule has 0 bridgehead atoms. The molecule has 0 saturated heterocycles. The van der Waals surface area contributed by atoms with E-state index in [2.05, 4.69) is 9.44 Å². The maximum atomic E-state index is 11.5. The smallest absolute Gasteiger partial charge is 0.303 e. The maximum Gasteiger partial charge on any atom is 0.303 e. The molecule has 0 aromatic rings. The second kappa shape index (κ2) is 7.06. The Labute approximate surface area is 108 Å². The third-order valence-electron chi connectivity index (χ3n) is 3.09. The van der Waals surface area contributed by atoms with Crippen molar-refractivity contribution in [2.45, 2.75) is 51.5 Å². The number of carbonyl (C=O) groups is 1. The predicted octanol–water partition coefficient (Wildman–Crippen LogP) is 0.854. The minimum atomic E-state index is -3.37. The highest BCUT2D eigenvalue weighted by atomic mass is 32.2. The van der Waals surface area contributed by atoms with E-state index in [-0.39, 0.29) is 18.4 Å². The first kappa shape index (κ1) is 15.4. The van der Waals surface area contributed by atoms with Crippen LogP contribution in [0.4, 0.5) is 0 Å². The van der Waals surface area contributed by atoms with Gasteiger partial charge in [-0.15, -0.1) is 0 Å². The van der Waals surface area contributed by atoms with Crippen LogP contribution in [0.25, 0.3) is 0 Å². The van der Waals surface area contributed by atoms with Gasteiger partial charge in [0.2, 0.25) is 0 Å². The molecule has 1 atom stereocenters. The van der Waals surface area contributed by atoms with Crippen molar-refractivity contribution in [3.63, 3.8) is 0 Å². The van der Waals surface area contributed by atoms with Gasteiger partial charge >= 0.3 is 5.97 Å². The van der Waals surface area contributed by atoms with Crippen LogP contribution in [0.3, 0.4) is 0 Å². The molecule has 106 valence electrons. The number of nitrogens with one attached hydrogen (secondary N) is 2. The van der Waals surface area contributed by atoms with Crippen molar-refractivity contribution in [1.82, 2.24) is 9.44 Å². The number of hydrogen-bond acceptors (Lipinski definition) is 3. The topological polar surface area (TPSA) is 95.5 Å². The van der Waals surface area contributed by atoms with E-state index in [1.54, 1.807) is 0 Å². The first-order valence-electron chi connectivity index (χ1n) is 6.41. The summed E-state index contributed by atoms with van der Waals surface area (Å²) in [5.41, 5.74) is 0. The largest absolute Gasteiger partial charge is 0.481 e. The summed E-state index contributed by atoms with van der Waals surface area (Å²) in [6, 6.07) is 0.108. The van der Waals surface area contributed by atoms with Gasteiger partial charge in [0.25, 0.3) is 10.2 Å². The summed E-state index contributed by atoms with van der Waals surface area (Å²) < 4.78 is 28.0. The molecule has 0 heterocycles. The molecule has 0 amide bonds. The van der Waals surface area contributed by atoms with Crippen molar-refractivity contribution < 1.29 is 18.3 Å². The summed E-state index contributed by atoms with van der Waals surface area (Å²) in [6.45, 7) is 2.35. The molecule has 6 nitrogen and oxygen atoms in total. The SMILES string of the molecule is CCC(CCNS(=O)(=O)NC1CC1)CCC(=O)O. The lowest BCUT2D eigenvalue weighted by molar-refractivity contribution is -0.137. The van der Waals surface area contributed by atoms with E-state index < -0.39 is 16.2 Å². The zero-order valence-corrected chi connectivity index (χ0v) is 11.5. The fourth-order valence-electron chi connectivity index (χ4n) is 1.74. The van der Waals surface area contributed by atoms with Gasteiger partial charge in [0.15, 0.2) is 0 Å². The predicted molar refractivity (Wildman–Crippen MR) is 68.3 cm³/mol. The summed E-state index contributed by atoms with van der Waals surface area (Å²) >= 11 is 0. The van der Waals surface area contributed by atoms with Gasteiger partial charge in [-0.25, -0.2) is 4.72 Å². The fourth-order valence-corrected chi connectivity index (χ4v) is 2.88. The summed E-state index contributed by atoms with van der Waals surface area (Å²) in [5.74, 6) is -0.547. The van der Waals surface area contributed by atoms with Crippen LogP contribution < -0.4 is 9.44 Å². The van der Waals surface area contributed by atoms with Gasteiger partial charge in [-0.3, -0.25) is 4.79 Å². The first-order valence-corrected chi connectivity index (χ1v) is 7.90. The van der Waals surface area contributed by atoms with Crippen molar-refractivity contribution in [3.05, 3.63) is 0 Å². The average Bonchev–Trinajstić information content (AvgIpc) is 3.05. The highest BCUT2D eigenvalue weighted by molar-refractivity contribution is 7.87. The second-order valence-electron chi connectivity index (χ2n) is 4.79. The van der Waals surface area contributed by atoms with Gasteiger partial charge in [0, 0.05) is 19.0 Å². The van der Waals surface area contributed by atoms with Crippen molar-refractivity contribution in [3.8, 4) is 0 Å². The van der Waals surface area contributed by atoms with Gasteiger partial charge in [0.1, 0.15) is 0 Å². The van der Waals surface area contributed by atoms with E-state index >= 15 is 0 Å². The van der Waals surface area contributed by atoms with Crippen LogP contribution in [0.1, 0.15) is 45.4 Å². The lowest BCUT2D eigenvalue weighted by atomic mass is 9.97. The van der Waals surface area contributed by atoms with Gasteiger partial charge in [-0.1, -0.05) is 13.3 Å². The van der Waals surface area contributed by atoms with Crippen LogP contribution >= 0.6 is 0 Å². The molecule has 0 radical (unpaired) electrons. The van der Waals surface area contributed by atoms with Crippen LogP contribution in [0, 0.1) is 5.92 Å². The van der Waals surface area contributed by atoms with Crippen molar-refractivity contribution in [1.29, 1.82) is 0 Å². The molecule has 0 spiro atoms. The average molecular weight is 278 g/mol. The number of aliphatic carboxylic acids is 1. The Bertz CT molecular complexity index is 365. The summed E-state index contributed by atoms with van der Waals surface area (Å²) in [5, 5.41) is 8.60. The van der Waals surface area contributed by atoms with Gasteiger partial charge < -0.3 is 5.11 Å². The highest BCUT2D eigenvalue weighted by Crippen LogP contribution is 2.19. The summed E-state index contributed by atoms with van der Waals surface area (Å²) in [7, 11) is -3.37. The first-order chi connectivity index (χ1) is 8.43. The molecule has 0 aliphatic heterocycles. The molecule has 1 saturated carbocycles. The molecule has 0 aromatic carbocycles. The van der Waals surface area contributed by atoms with Crippen molar-refractivity contribution in [2.75, 3.05) is 6.54 Å². The molecule has 1 rings (SSSR count). The number of rotatable bonds is 10. The van der Waals surface area contributed by atoms with E-state index in [1.165, 1.54) is 0 Å². The number of carboxylic acid groups (broad SMARTS) is 1. The van der Waals surface area contributed by atoms with E-state index in [0.29, 0.717) is 19.4 Å². The van der Waals surface area contributed by atoms with Crippen molar-refractivity contribution >= 4 is 16.2 Å². The molecule has 1 fully saturated rings. The lowest BCUT2D eigenvalue weighted by Gasteiger charge is -2.14. The molecule has 0 aromatic heterocycles. The quantitative estimate of drug-likeness (QED) is 0.552. The molecule has 1 aliphatic carbocycles. The van der Waals surface area contributed by atoms with Crippen LogP contribution in [0.5, 0.6) is 0 Å². The minimum Gasteiger partial charge on any atom is -0.481 e. The second-order valence-corrected chi connectivity index (χ2v) is 6.32. The van der Waals surface area contributed by atoms with Gasteiger partial charge in [-0.2, -0.15) is 13.1 Å². The Balaban J connectivity index is 2.19. The molecular formula is C11H22N2O4S. The number of carboxylic acids is 1. The van der Waals surface area contributed by atoms with Crippen LogP contribution in [0.2, 0.25) is 0 Å². The Morgan fingerprint density at radius 1 is 1.39 bits per heavy atom. The molecular weight excluding hydrogens is 256 g/mol. The minimum absolute atomic E-state index is 0.108. The van der Waals surface area contributed by atoms with Gasteiger partial charge in [-0.05, 0) is 31.6 Å². The molecule has 18 heavy (non-hydrogen) atoms. The maximum absolute atomic E-state index is 11.5. The zero-order chi connectivity index (χ0) is 13.6. The molecule has 1 unspecified atom stereocenters. The van der Waals surface area contributed by atoms with Crippen LogP contribution in [-0.4, -0.2) is 32.1 Å². The standard InChI is InChI=1S/C11H22N2O4S/c1-2-9(3-6-11(14)15)7-8-12-18(16,17)13-10-4-5-10/h9-10,12-13H,2-8H2,1H3,(H,14,15). The highest BCUT2D eigenvalue weighted by Gasteiger charge is 2.26. The molecule has 1 aliphatic rings. The fraction of sp³-hybridized carbons (Fsp3) is 0.909. The Hall–Kier alpha value is -0.660. The van der Waals surface area contributed by atoms with Crippen molar-refractivity contribution in [2.24, 2.45) is 5.92 Å². The van der Waals surface area contributed by atoms with E-state index in [0.717, 1.165) is 19.3 Å². The van der Waals surface area contributed by atoms with E-state index in [4.69, 9.17) is 5.11 Å². The summed E-state index contributed by atoms with van der Waals surface area (Å²) in [6.07, 6.45) is 4.11.